The number of hydrogen-bond acceptors (Lipinski definition) is 1. The number of rotatable bonds is 1. The molecule has 0 fully saturated rings. The molecule has 31 valence electrons. The Hall–Kier alpha value is 0.0899. The van der Waals surface area contributed by atoms with E-state index in [1.165, 1.54) is 7.17 Å². The first-order valence-electron chi connectivity index (χ1n) is 1.85. The van der Waals surface area contributed by atoms with Gasteiger partial charge in [0.1, 0.15) is 0 Å². The van der Waals surface area contributed by atoms with E-state index >= 15 is 0 Å². The predicted molar refractivity (Wildman–Crippen MR) is 27.8 cm³/mol. The fraction of sp³-hybridized carbons (Fsp3) is 1.00. The second-order valence-electron chi connectivity index (χ2n) is 1.82. The quantitative estimate of drug-likeness (QED) is 0.422. The molecule has 0 aromatic heterocycles. The van der Waals surface area contributed by atoms with Gasteiger partial charge in [-0.3, -0.25) is 0 Å². The molecule has 6 heavy (non-hydrogen) atoms. The van der Waals surface area contributed by atoms with Crippen LogP contribution in [0.4, 0.5) is 0 Å². The molecular formula is C3H7B2O. The minimum atomic E-state index is -0.806. The Kier molecular flexibility index (Phi) is 1.72. The Morgan fingerprint density at radius 3 is 1.83 bits per heavy atom. The van der Waals surface area contributed by atoms with Gasteiger partial charge in [0.05, 0.1) is 7.17 Å². The molecule has 0 spiro atoms. The zero-order valence-electron chi connectivity index (χ0n) is 4.10. The van der Waals surface area contributed by atoms with Crippen LogP contribution in [0.2, 0.25) is 0 Å². The minimum Gasteiger partial charge on any atom is -0.400 e. The van der Waals surface area contributed by atoms with E-state index in [1.54, 1.807) is 13.8 Å². The second kappa shape index (κ2) is 1.69. The van der Waals surface area contributed by atoms with E-state index in [9.17, 15) is 0 Å². The highest BCUT2D eigenvalue weighted by atomic mass is 16.3. The number of aliphatic hydroxyl groups is 1. The molecule has 0 heterocycles. The molecule has 0 atom stereocenters. The van der Waals surface area contributed by atoms with E-state index in [1.807, 2.05) is 0 Å². The third-order valence-electron chi connectivity index (χ3n) is 0.408. The van der Waals surface area contributed by atoms with Crippen molar-refractivity contribution in [3.05, 3.63) is 0 Å². The molecule has 0 aromatic rings. The molecule has 0 aromatic carbocycles. The summed E-state index contributed by atoms with van der Waals surface area (Å²) < 4.78 is 0. The molecule has 1 N–H and O–H groups in total. The van der Waals surface area contributed by atoms with Gasteiger partial charge in [-0.15, -0.1) is 0 Å². The molecule has 0 aliphatic rings. The Labute approximate surface area is 40.4 Å². The van der Waals surface area contributed by atoms with Crippen LogP contribution in [0.25, 0.3) is 0 Å². The summed E-state index contributed by atoms with van der Waals surface area (Å²) in [6, 6.07) is 0. The van der Waals surface area contributed by atoms with Crippen LogP contribution in [0, 0.1) is 0 Å². The lowest BCUT2D eigenvalue weighted by molar-refractivity contribution is 0.168. The maximum absolute atomic E-state index is 8.65. The summed E-state index contributed by atoms with van der Waals surface area (Å²) in [5.74, 6) is 0. The summed E-state index contributed by atoms with van der Waals surface area (Å²) in [6.45, 7) is 3.24. The van der Waals surface area contributed by atoms with E-state index in [4.69, 9.17) is 12.8 Å². The van der Waals surface area contributed by atoms with Gasteiger partial charge in [-0.25, -0.2) is 0 Å². The summed E-state index contributed by atoms with van der Waals surface area (Å²) >= 11 is 0. The first-order chi connectivity index (χ1) is 2.56. The minimum absolute atomic E-state index is 0.806. The van der Waals surface area contributed by atoms with Gasteiger partial charge < -0.3 is 5.11 Å². The molecular weight excluding hydrogens is 73.7 g/mol. The van der Waals surface area contributed by atoms with Crippen LogP contribution in [-0.2, 0) is 0 Å². The zero-order chi connectivity index (χ0) is 5.21. The maximum Gasteiger partial charge on any atom is 0.0972 e. The molecule has 0 unspecified atom stereocenters. The molecule has 0 aliphatic carbocycles. The molecule has 3 radical (unpaired) electrons. The van der Waals surface area contributed by atoms with Gasteiger partial charge in [0.2, 0.25) is 0 Å². The zero-order valence-corrected chi connectivity index (χ0v) is 4.10. The SMILES string of the molecule is [B][B]C(C)(C)O. The van der Waals surface area contributed by atoms with E-state index in [0.29, 0.717) is 0 Å². The Bertz CT molecular complexity index is 38.5. The van der Waals surface area contributed by atoms with Crippen molar-refractivity contribution in [2.75, 3.05) is 0 Å². The van der Waals surface area contributed by atoms with E-state index in [0.717, 1.165) is 0 Å². The van der Waals surface area contributed by atoms with Crippen LogP contribution in [0.3, 0.4) is 0 Å². The fourth-order valence-corrected chi connectivity index (χ4v) is 0. The van der Waals surface area contributed by atoms with Gasteiger partial charge >= 0.3 is 0 Å². The highest BCUT2D eigenvalue weighted by molar-refractivity contribution is 6.91. The van der Waals surface area contributed by atoms with Crippen molar-refractivity contribution in [1.82, 2.24) is 0 Å². The van der Waals surface area contributed by atoms with Crippen molar-refractivity contribution in [2.45, 2.75) is 19.3 Å². The second-order valence-corrected chi connectivity index (χ2v) is 1.82. The van der Waals surface area contributed by atoms with Crippen molar-refractivity contribution in [3.63, 3.8) is 0 Å². The molecule has 0 saturated carbocycles. The van der Waals surface area contributed by atoms with Crippen LogP contribution < -0.4 is 0 Å². The van der Waals surface area contributed by atoms with Crippen LogP contribution in [0.1, 0.15) is 13.8 Å². The van der Waals surface area contributed by atoms with E-state index in [-0.39, 0.29) is 0 Å². The van der Waals surface area contributed by atoms with Crippen molar-refractivity contribution >= 4 is 14.9 Å². The standard InChI is InChI=1S/C3H7B2O/c1-3(2,6)5-4/h6H,1-2H3. The lowest BCUT2D eigenvalue weighted by Gasteiger charge is -2.11. The van der Waals surface area contributed by atoms with Crippen LogP contribution in [0.15, 0.2) is 0 Å². The summed E-state index contributed by atoms with van der Waals surface area (Å²) in [4.78, 5) is 0. The number of hydrogen-bond donors (Lipinski definition) is 1. The Morgan fingerprint density at radius 1 is 1.67 bits per heavy atom. The average Bonchev–Trinajstić information content (AvgIpc) is 1.35. The van der Waals surface area contributed by atoms with Gasteiger partial charge in [-0.1, -0.05) is 0 Å². The van der Waals surface area contributed by atoms with Gasteiger partial charge in [-0.05, 0) is 13.8 Å². The lowest BCUT2D eigenvalue weighted by atomic mass is 9.46. The third kappa shape index (κ3) is 4.09. The molecule has 0 saturated heterocycles. The molecule has 0 aliphatic heterocycles. The Balaban J connectivity index is 3.17. The third-order valence-corrected chi connectivity index (χ3v) is 0.408. The normalized spacial score (nSPS) is 11.2. The first-order valence-corrected chi connectivity index (χ1v) is 1.85. The monoisotopic (exact) mass is 81.1 g/mol. The van der Waals surface area contributed by atoms with Crippen molar-refractivity contribution in [3.8, 4) is 0 Å². The highest BCUT2D eigenvalue weighted by Crippen LogP contribution is 1.92. The Morgan fingerprint density at radius 2 is 1.83 bits per heavy atom. The van der Waals surface area contributed by atoms with Crippen molar-refractivity contribution in [2.24, 2.45) is 0 Å². The summed E-state index contributed by atoms with van der Waals surface area (Å²) in [5, 5.41) is 8.65. The highest BCUT2D eigenvalue weighted by Gasteiger charge is 2.06. The smallest absolute Gasteiger partial charge is 0.0972 e. The first kappa shape index (κ1) is 6.09. The predicted octanol–water partition coefficient (Wildman–Crippen LogP) is -0.498. The summed E-state index contributed by atoms with van der Waals surface area (Å²) in [7, 11) is 6.17. The van der Waals surface area contributed by atoms with E-state index < -0.39 is 5.50 Å². The van der Waals surface area contributed by atoms with Gasteiger partial charge in [0, 0.05) is 13.2 Å². The molecule has 0 amide bonds. The molecule has 3 heteroatoms. The van der Waals surface area contributed by atoms with E-state index in [2.05, 4.69) is 0 Å². The van der Waals surface area contributed by atoms with Crippen molar-refractivity contribution < 1.29 is 5.11 Å². The van der Waals surface area contributed by atoms with Crippen LogP contribution in [-0.4, -0.2) is 25.5 Å². The van der Waals surface area contributed by atoms with Gasteiger partial charge in [-0.2, -0.15) is 0 Å². The van der Waals surface area contributed by atoms with Crippen LogP contribution in [0.5, 0.6) is 0 Å². The van der Waals surface area contributed by atoms with Gasteiger partial charge in [0.15, 0.2) is 0 Å². The molecule has 0 bridgehead atoms. The van der Waals surface area contributed by atoms with Crippen LogP contribution >= 0.6 is 0 Å². The largest absolute Gasteiger partial charge is 0.400 e. The maximum atomic E-state index is 8.65. The average molecular weight is 80.7 g/mol. The summed E-state index contributed by atoms with van der Waals surface area (Å²) in [6.07, 6.45) is 0. The summed E-state index contributed by atoms with van der Waals surface area (Å²) in [5.41, 5.74) is -0.806. The van der Waals surface area contributed by atoms with Crippen molar-refractivity contribution in [1.29, 1.82) is 0 Å². The fourth-order valence-electron chi connectivity index (χ4n) is 0. The van der Waals surface area contributed by atoms with Gasteiger partial charge in [0.25, 0.3) is 0 Å². The molecule has 1 nitrogen and oxygen atoms in total. The topological polar surface area (TPSA) is 20.2 Å². The lowest BCUT2D eigenvalue weighted by Crippen LogP contribution is -2.27. The molecule has 0 rings (SSSR count).